The van der Waals surface area contributed by atoms with Gasteiger partial charge in [0.1, 0.15) is 6.33 Å². The second kappa shape index (κ2) is 12.6. The summed E-state index contributed by atoms with van der Waals surface area (Å²) in [4.78, 5) is 9.54. The minimum atomic E-state index is 0.0512. The fourth-order valence-corrected chi connectivity index (χ4v) is 9.68. The van der Waals surface area contributed by atoms with Crippen molar-refractivity contribution in [1.29, 1.82) is 0 Å². The predicted molar refractivity (Wildman–Crippen MR) is 217 cm³/mol. The zero-order valence-corrected chi connectivity index (χ0v) is 30.6. The molecule has 6 aromatic carbocycles. The van der Waals surface area contributed by atoms with Crippen LogP contribution in [0, 0.1) is 0 Å². The van der Waals surface area contributed by atoms with E-state index in [0.29, 0.717) is 0 Å². The highest BCUT2D eigenvalue weighted by Crippen LogP contribution is 2.54. The first-order chi connectivity index (χ1) is 25.5. The van der Waals surface area contributed by atoms with Crippen LogP contribution in [-0.4, -0.2) is 9.97 Å². The zero-order chi connectivity index (χ0) is 35.5. The van der Waals surface area contributed by atoms with Gasteiger partial charge in [-0.1, -0.05) is 137 Å². The monoisotopic (exact) mass is 672 g/mol. The second-order valence-electron chi connectivity index (χ2n) is 14.6. The maximum absolute atomic E-state index is 4.77. The lowest BCUT2D eigenvalue weighted by Crippen LogP contribution is -2.23. The van der Waals surface area contributed by atoms with E-state index < -0.39 is 0 Å². The van der Waals surface area contributed by atoms with Crippen molar-refractivity contribution in [2.75, 3.05) is 0 Å². The van der Waals surface area contributed by atoms with Crippen molar-refractivity contribution in [2.24, 2.45) is 0 Å². The molecule has 1 aromatic heterocycles. The maximum Gasteiger partial charge on any atom is 0.116 e. The molecule has 0 amide bonds. The van der Waals surface area contributed by atoms with Gasteiger partial charge in [-0.05, 0) is 123 Å². The van der Waals surface area contributed by atoms with Gasteiger partial charge in [0.05, 0.1) is 11.4 Å². The summed E-state index contributed by atoms with van der Waals surface area (Å²) in [7, 11) is 0. The lowest BCUT2D eigenvalue weighted by atomic mass is 9.73. The maximum atomic E-state index is 4.77. The summed E-state index contributed by atoms with van der Waals surface area (Å²) in [6.07, 6.45) is 6.04. The Kier molecular flexibility index (Phi) is 7.81. The molecule has 1 heterocycles. The SMILES string of the molecule is CCC1(CC)c2ccccc2-c2ccc(-c3cccc(-c4cc(-c5cccc(-c6ccc7c(c6)C(CC)(CC)c6ccccc6-7)c5)ncn4)c3)cc21. The third kappa shape index (κ3) is 4.77. The molecule has 0 N–H and O–H groups in total. The molecule has 52 heavy (non-hydrogen) atoms. The summed E-state index contributed by atoms with van der Waals surface area (Å²) in [6.45, 7) is 9.33. The number of hydrogen-bond acceptors (Lipinski definition) is 2. The minimum absolute atomic E-state index is 0.0512. The fraction of sp³-hybridized carbons (Fsp3) is 0.200. The van der Waals surface area contributed by atoms with Crippen LogP contribution in [0.4, 0.5) is 0 Å². The molecular weight excluding hydrogens is 629 g/mol. The molecule has 2 aliphatic rings. The molecule has 0 unspecified atom stereocenters. The van der Waals surface area contributed by atoms with E-state index in [1.165, 1.54) is 66.8 Å². The first-order valence-electron chi connectivity index (χ1n) is 19.1. The van der Waals surface area contributed by atoms with Crippen LogP contribution in [0.2, 0.25) is 0 Å². The molecule has 0 fully saturated rings. The first kappa shape index (κ1) is 32.3. The van der Waals surface area contributed by atoms with Crippen molar-refractivity contribution in [1.82, 2.24) is 9.97 Å². The van der Waals surface area contributed by atoms with E-state index in [-0.39, 0.29) is 10.8 Å². The Bertz CT molecular complexity index is 2310. The number of aromatic nitrogens is 2. The van der Waals surface area contributed by atoms with Crippen LogP contribution >= 0.6 is 0 Å². The summed E-state index contributed by atoms with van der Waals surface area (Å²) in [5, 5.41) is 0. The highest BCUT2D eigenvalue weighted by atomic mass is 14.8. The smallest absolute Gasteiger partial charge is 0.116 e. The van der Waals surface area contributed by atoms with Gasteiger partial charge < -0.3 is 0 Å². The van der Waals surface area contributed by atoms with Crippen molar-refractivity contribution < 1.29 is 0 Å². The molecular formula is C50H44N2. The number of nitrogens with zero attached hydrogens (tertiary/aromatic N) is 2. The molecule has 2 nitrogen and oxygen atoms in total. The summed E-state index contributed by atoms with van der Waals surface area (Å²) in [5.41, 5.74) is 20.4. The van der Waals surface area contributed by atoms with E-state index in [1.807, 2.05) is 0 Å². The van der Waals surface area contributed by atoms with Crippen LogP contribution in [-0.2, 0) is 10.8 Å². The van der Waals surface area contributed by atoms with Gasteiger partial charge in [0, 0.05) is 22.0 Å². The minimum Gasteiger partial charge on any atom is -0.236 e. The van der Waals surface area contributed by atoms with E-state index >= 15 is 0 Å². The largest absolute Gasteiger partial charge is 0.236 e. The van der Waals surface area contributed by atoms with Gasteiger partial charge >= 0.3 is 0 Å². The standard InChI is InChI=1S/C50H44N2/c1-5-49(6-2)43-21-11-9-19-39(43)41-25-23-35(29-45(41)49)33-15-13-17-37(27-33)47-31-48(52-32-51-47)38-18-14-16-34(28-38)36-24-26-42-40-20-10-12-22-44(40)50(7-3,8-4)46(42)30-36/h9-32H,5-8H2,1-4H3. The highest BCUT2D eigenvalue weighted by molar-refractivity contribution is 5.86. The van der Waals surface area contributed by atoms with Crippen molar-refractivity contribution in [3.63, 3.8) is 0 Å². The Morgan fingerprint density at radius 3 is 1.17 bits per heavy atom. The third-order valence-corrected chi connectivity index (χ3v) is 12.6. The zero-order valence-electron chi connectivity index (χ0n) is 30.6. The lowest BCUT2D eigenvalue weighted by molar-refractivity contribution is 0.490. The van der Waals surface area contributed by atoms with E-state index in [4.69, 9.17) is 9.97 Å². The molecule has 0 bridgehead atoms. The Morgan fingerprint density at radius 2 is 0.731 bits per heavy atom. The fourth-order valence-electron chi connectivity index (χ4n) is 9.68. The molecule has 9 rings (SSSR count). The van der Waals surface area contributed by atoms with Crippen LogP contribution < -0.4 is 0 Å². The van der Waals surface area contributed by atoms with Gasteiger partial charge in [0.15, 0.2) is 0 Å². The molecule has 0 atom stereocenters. The summed E-state index contributed by atoms with van der Waals surface area (Å²) in [6, 6.07) is 51.9. The molecule has 7 aromatic rings. The molecule has 0 aliphatic heterocycles. The van der Waals surface area contributed by atoms with Crippen molar-refractivity contribution >= 4 is 0 Å². The third-order valence-electron chi connectivity index (χ3n) is 12.6. The predicted octanol–water partition coefficient (Wildman–Crippen LogP) is 13.3. The lowest BCUT2D eigenvalue weighted by Gasteiger charge is -2.30. The molecule has 2 heteroatoms. The van der Waals surface area contributed by atoms with E-state index in [1.54, 1.807) is 6.33 Å². The van der Waals surface area contributed by atoms with Crippen LogP contribution in [0.3, 0.4) is 0 Å². The Morgan fingerprint density at radius 1 is 0.346 bits per heavy atom. The summed E-state index contributed by atoms with van der Waals surface area (Å²) < 4.78 is 0. The molecule has 2 aliphatic carbocycles. The highest BCUT2D eigenvalue weighted by Gasteiger charge is 2.41. The van der Waals surface area contributed by atoms with E-state index in [2.05, 4.69) is 167 Å². The number of hydrogen-bond donors (Lipinski definition) is 0. The van der Waals surface area contributed by atoms with E-state index in [0.717, 1.165) is 48.2 Å². The molecule has 0 saturated heterocycles. The van der Waals surface area contributed by atoms with Gasteiger partial charge in [-0.15, -0.1) is 0 Å². The molecule has 254 valence electrons. The van der Waals surface area contributed by atoms with Gasteiger partial charge in [-0.25, -0.2) is 9.97 Å². The van der Waals surface area contributed by atoms with Gasteiger partial charge in [0.2, 0.25) is 0 Å². The van der Waals surface area contributed by atoms with Crippen molar-refractivity contribution in [3.8, 4) is 67.0 Å². The van der Waals surface area contributed by atoms with Crippen LogP contribution in [0.15, 0.2) is 146 Å². The normalized spacial score (nSPS) is 14.4. The Hall–Kier alpha value is -5.60. The van der Waals surface area contributed by atoms with Crippen molar-refractivity contribution in [2.45, 2.75) is 64.2 Å². The number of rotatable bonds is 8. The molecule has 0 saturated carbocycles. The molecule has 0 radical (unpaired) electrons. The van der Waals surface area contributed by atoms with Crippen molar-refractivity contribution in [3.05, 3.63) is 168 Å². The quantitative estimate of drug-likeness (QED) is 0.161. The van der Waals surface area contributed by atoms with Crippen LogP contribution in [0.25, 0.3) is 67.0 Å². The summed E-state index contributed by atoms with van der Waals surface area (Å²) in [5.74, 6) is 0. The van der Waals surface area contributed by atoms with Gasteiger partial charge in [-0.2, -0.15) is 0 Å². The van der Waals surface area contributed by atoms with Crippen LogP contribution in [0.5, 0.6) is 0 Å². The Balaban J connectivity index is 1.05. The van der Waals surface area contributed by atoms with Crippen LogP contribution in [0.1, 0.15) is 75.6 Å². The number of benzene rings is 6. The Labute approximate surface area is 308 Å². The van der Waals surface area contributed by atoms with Gasteiger partial charge in [-0.3, -0.25) is 0 Å². The number of fused-ring (bicyclic) bond motifs is 6. The summed E-state index contributed by atoms with van der Waals surface area (Å²) >= 11 is 0. The van der Waals surface area contributed by atoms with E-state index in [9.17, 15) is 0 Å². The second-order valence-corrected chi connectivity index (χ2v) is 14.6. The average molecular weight is 673 g/mol. The topological polar surface area (TPSA) is 25.8 Å². The average Bonchev–Trinajstić information content (AvgIpc) is 3.67. The van der Waals surface area contributed by atoms with Gasteiger partial charge in [0.25, 0.3) is 0 Å². The first-order valence-corrected chi connectivity index (χ1v) is 19.1. The molecule has 0 spiro atoms.